The third-order valence-corrected chi connectivity index (χ3v) is 6.48. The average Bonchev–Trinajstić information content (AvgIpc) is 2.88. The Labute approximate surface area is 211 Å². The highest BCUT2D eigenvalue weighted by atomic mass is 19.4. The van der Waals surface area contributed by atoms with Gasteiger partial charge in [-0.15, -0.1) is 0 Å². The summed E-state index contributed by atoms with van der Waals surface area (Å²) >= 11 is 0. The van der Waals surface area contributed by atoms with Crippen LogP contribution in [0.3, 0.4) is 0 Å². The zero-order valence-corrected chi connectivity index (χ0v) is 20.7. The Morgan fingerprint density at radius 3 is 2.33 bits per heavy atom. The van der Waals surface area contributed by atoms with Crippen LogP contribution in [0.2, 0.25) is 0 Å². The number of carbonyl (C=O) groups is 1. The van der Waals surface area contributed by atoms with E-state index in [4.69, 9.17) is 5.26 Å². The average molecular weight is 502 g/mol. The van der Waals surface area contributed by atoms with E-state index >= 15 is 0 Å². The molecular weight excluding hydrogens is 467 g/mol. The van der Waals surface area contributed by atoms with Crippen LogP contribution in [0.15, 0.2) is 48.5 Å². The predicted molar refractivity (Wildman–Crippen MR) is 136 cm³/mol. The largest absolute Gasteiger partial charge is 0.416 e. The van der Waals surface area contributed by atoms with Gasteiger partial charge in [-0.3, -0.25) is 4.79 Å². The number of nitrogens with one attached hydrogen (secondary N) is 2. The van der Waals surface area contributed by atoms with Crippen molar-refractivity contribution in [2.45, 2.75) is 44.8 Å². The van der Waals surface area contributed by atoms with Crippen molar-refractivity contribution in [1.82, 2.24) is 10.2 Å². The molecule has 2 N–H and O–H groups in total. The van der Waals surface area contributed by atoms with E-state index in [0.29, 0.717) is 44.2 Å². The standard InChI is InChI=1S/C27H34F3N5O/c1-2-34(25-11-7-22(8-12-25)27(28,29)30)19-16-32-15-3-4-26(36)35-17-13-24(14-18-35)33-23-9-5-21(20-31)6-10-23/h5-12,24,32-33H,2-4,13-19H2,1H3. The second-order valence-corrected chi connectivity index (χ2v) is 8.97. The normalized spacial score (nSPS) is 14.4. The van der Waals surface area contributed by atoms with Crippen LogP contribution in [-0.2, 0) is 11.0 Å². The smallest absolute Gasteiger partial charge is 0.382 e. The first-order valence-electron chi connectivity index (χ1n) is 12.5. The number of hydrogen-bond acceptors (Lipinski definition) is 5. The Bertz CT molecular complexity index is 994. The van der Waals surface area contributed by atoms with Crippen molar-refractivity contribution in [2.75, 3.05) is 49.5 Å². The molecule has 0 saturated carbocycles. The molecule has 36 heavy (non-hydrogen) atoms. The fourth-order valence-corrected chi connectivity index (χ4v) is 4.34. The first-order valence-corrected chi connectivity index (χ1v) is 12.5. The van der Waals surface area contributed by atoms with Gasteiger partial charge in [-0.05, 0) is 81.3 Å². The molecule has 2 aromatic rings. The summed E-state index contributed by atoms with van der Waals surface area (Å²) in [7, 11) is 0. The highest BCUT2D eigenvalue weighted by Gasteiger charge is 2.30. The van der Waals surface area contributed by atoms with Gasteiger partial charge in [0.2, 0.25) is 5.91 Å². The van der Waals surface area contributed by atoms with Crippen LogP contribution in [0.25, 0.3) is 0 Å². The molecule has 1 fully saturated rings. The van der Waals surface area contributed by atoms with E-state index in [1.807, 2.05) is 28.9 Å². The number of amides is 1. The van der Waals surface area contributed by atoms with E-state index in [1.165, 1.54) is 12.1 Å². The van der Waals surface area contributed by atoms with Gasteiger partial charge in [0.1, 0.15) is 0 Å². The number of halogens is 3. The molecule has 194 valence electrons. The fourth-order valence-electron chi connectivity index (χ4n) is 4.34. The molecule has 6 nitrogen and oxygen atoms in total. The zero-order valence-electron chi connectivity index (χ0n) is 20.7. The molecule has 0 aromatic heterocycles. The van der Waals surface area contributed by atoms with Gasteiger partial charge in [-0.2, -0.15) is 18.4 Å². The molecule has 0 atom stereocenters. The molecule has 3 rings (SSSR count). The summed E-state index contributed by atoms with van der Waals surface area (Å²) in [4.78, 5) is 16.5. The summed E-state index contributed by atoms with van der Waals surface area (Å²) in [6.45, 7) is 6.22. The van der Waals surface area contributed by atoms with Crippen molar-refractivity contribution in [1.29, 1.82) is 5.26 Å². The lowest BCUT2D eigenvalue weighted by atomic mass is 10.0. The van der Waals surface area contributed by atoms with Crippen molar-refractivity contribution < 1.29 is 18.0 Å². The first kappa shape index (κ1) is 27.3. The molecule has 9 heteroatoms. The summed E-state index contributed by atoms with van der Waals surface area (Å²) < 4.78 is 38.3. The topological polar surface area (TPSA) is 71.4 Å². The molecule has 1 heterocycles. The maximum atomic E-state index is 12.8. The van der Waals surface area contributed by atoms with Crippen LogP contribution >= 0.6 is 0 Å². The van der Waals surface area contributed by atoms with E-state index in [9.17, 15) is 18.0 Å². The highest BCUT2D eigenvalue weighted by Crippen LogP contribution is 2.30. The number of hydrogen-bond donors (Lipinski definition) is 2. The molecule has 2 aromatic carbocycles. The molecule has 1 aliphatic heterocycles. The Morgan fingerprint density at radius 2 is 1.75 bits per heavy atom. The number of anilines is 2. The van der Waals surface area contributed by atoms with Gasteiger partial charge in [0, 0.05) is 56.6 Å². The third kappa shape index (κ3) is 8.16. The predicted octanol–water partition coefficient (Wildman–Crippen LogP) is 4.88. The highest BCUT2D eigenvalue weighted by molar-refractivity contribution is 5.76. The number of rotatable bonds is 11. The summed E-state index contributed by atoms with van der Waals surface area (Å²) in [6, 6.07) is 15.1. The molecule has 0 spiro atoms. The lowest BCUT2D eigenvalue weighted by Crippen LogP contribution is -2.42. The van der Waals surface area contributed by atoms with Gasteiger partial charge in [0.15, 0.2) is 0 Å². The van der Waals surface area contributed by atoms with Crippen molar-refractivity contribution in [2.24, 2.45) is 0 Å². The van der Waals surface area contributed by atoms with Crippen molar-refractivity contribution in [3.8, 4) is 6.07 Å². The quantitative estimate of drug-likeness (QED) is 0.430. The number of nitriles is 1. The van der Waals surface area contributed by atoms with E-state index in [-0.39, 0.29) is 5.91 Å². The Balaban J connectivity index is 1.29. The van der Waals surface area contributed by atoms with Gasteiger partial charge in [0.05, 0.1) is 17.2 Å². The number of likely N-dealkylation sites (tertiary alicyclic amines) is 1. The first-order chi connectivity index (χ1) is 17.3. The number of carbonyl (C=O) groups excluding carboxylic acids is 1. The van der Waals surface area contributed by atoms with E-state index in [1.54, 1.807) is 12.1 Å². The minimum Gasteiger partial charge on any atom is -0.382 e. The van der Waals surface area contributed by atoms with Gasteiger partial charge < -0.3 is 20.4 Å². The second kappa shape index (κ2) is 13.2. The van der Waals surface area contributed by atoms with Gasteiger partial charge >= 0.3 is 6.18 Å². The third-order valence-electron chi connectivity index (χ3n) is 6.48. The van der Waals surface area contributed by atoms with Gasteiger partial charge in [-0.1, -0.05) is 0 Å². The minimum absolute atomic E-state index is 0.175. The minimum atomic E-state index is -4.33. The molecule has 1 amide bonds. The van der Waals surface area contributed by atoms with E-state index in [0.717, 1.165) is 55.9 Å². The van der Waals surface area contributed by atoms with E-state index < -0.39 is 11.7 Å². The summed E-state index contributed by atoms with van der Waals surface area (Å²) in [5.41, 5.74) is 1.75. The second-order valence-electron chi connectivity index (χ2n) is 8.97. The van der Waals surface area contributed by atoms with Gasteiger partial charge in [0.25, 0.3) is 0 Å². The van der Waals surface area contributed by atoms with Crippen LogP contribution in [0.1, 0.15) is 43.7 Å². The maximum absolute atomic E-state index is 12.8. The molecular formula is C27H34F3N5O. The number of likely N-dealkylation sites (N-methyl/N-ethyl adjacent to an activating group) is 1. The molecule has 0 aliphatic carbocycles. The van der Waals surface area contributed by atoms with Crippen LogP contribution in [0.4, 0.5) is 24.5 Å². The molecule has 0 unspecified atom stereocenters. The number of alkyl halides is 3. The van der Waals surface area contributed by atoms with Crippen molar-refractivity contribution in [3.63, 3.8) is 0 Å². The Hall–Kier alpha value is -3.25. The monoisotopic (exact) mass is 501 g/mol. The number of nitrogens with zero attached hydrogens (tertiary/aromatic N) is 3. The lowest BCUT2D eigenvalue weighted by Gasteiger charge is -2.33. The van der Waals surface area contributed by atoms with Crippen molar-refractivity contribution >= 4 is 17.3 Å². The SMILES string of the molecule is CCN(CCNCCCC(=O)N1CCC(Nc2ccc(C#N)cc2)CC1)c1ccc(C(F)(F)F)cc1. The molecule has 0 radical (unpaired) electrons. The zero-order chi connectivity index (χ0) is 26.0. The summed E-state index contributed by atoms with van der Waals surface area (Å²) in [6.07, 6.45) is -1.30. The fraction of sp³-hybridized carbons (Fsp3) is 0.481. The molecule has 1 aliphatic rings. The Morgan fingerprint density at radius 1 is 1.08 bits per heavy atom. The summed E-state index contributed by atoms with van der Waals surface area (Å²) in [5.74, 6) is 0.175. The Kier molecular flexibility index (Phi) is 10.00. The lowest BCUT2D eigenvalue weighted by molar-refractivity contribution is -0.137. The van der Waals surface area contributed by atoms with Crippen LogP contribution in [-0.4, -0.2) is 56.1 Å². The maximum Gasteiger partial charge on any atom is 0.416 e. The number of benzene rings is 2. The molecule has 1 saturated heterocycles. The summed E-state index contributed by atoms with van der Waals surface area (Å²) in [5, 5.41) is 15.7. The van der Waals surface area contributed by atoms with Gasteiger partial charge in [-0.25, -0.2) is 0 Å². The van der Waals surface area contributed by atoms with E-state index in [2.05, 4.69) is 16.7 Å². The van der Waals surface area contributed by atoms with Crippen LogP contribution < -0.4 is 15.5 Å². The van der Waals surface area contributed by atoms with Crippen molar-refractivity contribution in [3.05, 3.63) is 59.7 Å². The molecule has 0 bridgehead atoms. The number of piperidine rings is 1. The van der Waals surface area contributed by atoms with Crippen LogP contribution in [0.5, 0.6) is 0 Å². The van der Waals surface area contributed by atoms with Crippen LogP contribution in [0, 0.1) is 11.3 Å².